The van der Waals surface area contributed by atoms with Gasteiger partial charge < -0.3 is 20.8 Å². The molecule has 0 unspecified atom stereocenters. The standard InChI is InChI=1S/C22H25N3O2.CH2O2/c1-2-25(12-3-4-13-26)22(27)18-7-5-6-16(14-18)17-8-9-21-19(15-17)20(23)10-11-24-21;2-1-3/h5-11,14-15,26H,2-4,12-13H2,1H3,(H2,23,24);1H,(H,2,3). The summed E-state index contributed by atoms with van der Waals surface area (Å²) >= 11 is 0. The molecule has 1 amide bonds. The van der Waals surface area contributed by atoms with Crippen LogP contribution in [0.3, 0.4) is 0 Å². The van der Waals surface area contributed by atoms with Gasteiger partial charge in [-0.25, -0.2) is 0 Å². The van der Waals surface area contributed by atoms with Crippen molar-refractivity contribution >= 4 is 29.0 Å². The number of hydrogen-bond acceptors (Lipinski definition) is 5. The van der Waals surface area contributed by atoms with E-state index in [-0.39, 0.29) is 19.0 Å². The van der Waals surface area contributed by atoms with Gasteiger partial charge in [0.2, 0.25) is 0 Å². The van der Waals surface area contributed by atoms with E-state index < -0.39 is 0 Å². The zero-order chi connectivity index (χ0) is 21.9. The average Bonchev–Trinajstić information content (AvgIpc) is 2.77. The van der Waals surface area contributed by atoms with Gasteiger partial charge in [-0.2, -0.15) is 0 Å². The number of nitrogens with zero attached hydrogens (tertiary/aromatic N) is 2. The van der Waals surface area contributed by atoms with Gasteiger partial charge in [0.05, 0.1) is 5.52 Å². The summed E-state index contributed by atoms with van der Waals surface area (Å²) in [5.74, 6) is 0.0132. The fraction of sp³-hybridized carbons (Fsp3) is 0.261. The molecule has 3 aromatic rings. The highest BCUT2D eigenvalue weighted by Crippen LogP contribution is 2.27. The first-order valence-corrected chi connectivity index (χ1v) is 9.78. The number of carbonyl (C=O) groups is 2. The first-order chi connectivity index (χ1) is 14.5. The number of carbonyl (C=O) groups excluding carboxylic acids is 1. The summed E-state index contributed by atoms with van der Waals surface area (Å²) < 4.78 is 0. The number of anilines is 1. The molecule has 30 heavy (non-hydrogen) atoms. The van der Waals surface area contributed by atoms with E-state index in [2.05, 4.69) is 4.98 Å². The van der Waals surface area contributed by atoms with E-state index in [1.165, 1.54) is 0 Å². The summed E-state index contributed by atoms with van der Waals surface area (Å²) in [5.41, 5.74) is 10.3. The lowest BCUT2D eigenvalue weighted by molar-refractivity contribution is -0.122. The second-order valence-electron chi connectivity index (χ2n) is 6.63. The van der Waals surface area contributed by atoms with Gasteiger partial charge in [-0.3, -0.25) is 14.6 Å². The highest BCUT2D eigenvalue weighted by atomic mass is 16.3. The normalized spacial score (nSPS) is 10.2. The Bertz CT molecular complexity index is 991. The van der Waals surface area contributed by atoms with Crippen LogP contribution in [0, 0.1) is 0 Å². The van der Waals surface area contributed by atoms with Gasteiger partial charge in [0.15, 0.2) is 0 Å². The topological polar surface area (TPSA) is 117 Å². The molecule has 0 fully saturated rings. The molecule has 0 aliphatic rings. The molecule has 0 atom stereocenters. The molecule has 3 rings (SSSR count). The van der Waals surface area contributed by atoms with Crippen molar-refractivity contribution in [1.82, 2.24) is 9.88 Å². The number of aliphatic hydroxyl groups is 1. The third-order valence-electron chi connectivity index (χ3n) is 4.72. The SMILES string of the molecule is CCN(CCCCO)C(=O)c1cccc(-c2ccc3nccc(N)c3c2)c1.O=CO. The zero-order valence-corrected chi connectivity index (χ0v) is 17.0. The van der Waals surface area contributed by atoms with Crippen molar-refractivity contribution < 1.29 is 19.8 Å². The molecule has 1 heterocycles. The number of carboxylic acid groups (broad SMARTS) is 1. The monoisotopic (exact) mass is 409 g/mol. The highest BCUT2D eigenvalue weighted by Gasteiger charge is 2.14. The average molecular weight is 409 g/mol. The van der Waals surface area contributed by atoms with Crippen molar-refractivity contribution in [2.45, 2.75) is 19.8 Å². The minimum Gasteiger partial charge on any atom is -0.483 e. The largest absolute Gasteiger partial charge is 0.483 e. The van der Waals surface area contributed by atoms with Crippen molar-refractivity contribution in [3.63, 3.8) is 0 Å². The molecule has 0 radical (unpaired) electrons. The molecule has 158 valence electrons. The van der Waals surface area contributed by atoms with Crippen LogP contribution < -0.4 is 5.73 Å². The molecular formula is C23H27N3O4. The number of nitrogens with two attached hydrogens (primary N) is 1. The fourth-order valence-electron chi connectivity index (χ4n) is 3.18. The summed E-state index contributed by atoms with van der Waals surface area (Å²) in [6, 6.07) is 15.4. The van der Waals surface area contributed by atoms with Gasteiger partial charge in [0, 0.05) is 42.5 Å². The van der Waals surface area contributed by atoms with Crippen LogP contribution in [0.2, 0.25) is 0 Å². The Hall–Kier alpha value is -3.45. The van der Waals surface area contributed by atoms with Gasteiger partial charge in [0.1, 0.15) is 0 Å². The second-order valence-corrected chi connectivity index (χ2v) is 6.63. The van der Waals surface area contributed by atoms with Crippen LogP contribution in [0.25, 0.3) is 22.0 Å². The van der Waals surface area contributed by atoms with Crippen LogP contribution in [0.1, 0.15) is 30.1 Å². The van der Waals surface area contributed by atoms with E-state index in [4.69, 9.17) is 20.7 Å². The fourth-order valence-corrected chi connectivity index (χ4v) is 3.18. The zero-order valence-electron chi connectivity index (χ0n) is 17.0. The van der Waals surface area contributed by atoms with E-state index in [1.807, 2.05) is 54.3 Å². The first-order valence-electron chi connectivity index (χ1n) is 9.78. The molecule has 7 heteroatoms. The molecule has 0 bridgehead atoms. The van der Waals surface area contributed by atoms with E-state index in [0.717, 1.165) is 28.5 Å². The number of amides is 1. The van der Waals surface area contributed by atoms with Crippen molar-refractivity contribution in [3.05, 3.63) is 60.3 Å². The Morgan fingerprint density at radius 3 is 2.57 bits per heavy atom. The highest BCUT2D eigenvalue weighted by molar-refractivity contribution is 5.97. The van der Waals surface area contributed by atoms with Gasteiger partial charge in [0.25, 0.3) is 12.4 Å². The molecule has 1 aromatic heterocycles. The van der Waals surface area contributed by atoms with Crippen LogP contribution in [0.4, 0.5) is 5.69 Å². The smallest absolute Gasteiger partial charge is 0.290 e. The van der Waals surface area contributed by atoms with Gasteiger partial charge in [-0.15, -0.1) is 0 Å². The number of unbranched alkanes of at least 4 members (excludes halogenated alkanes) is 1. The molecule has 7 nitrogen and oxygen atoms in total. The number of rotatable bonds is 7. The van der Waals surface area contributed by atoms with Crippen molar-refractivity contribution in [2.75, 3.05) is 25.4 Å². The quantitative estimate of drug-likeness (QED) is 0.407. The molecule has 0 saturated heterocycles. The lowest BCUT2D eigenvalue weighted by Gasteiger charge is -2.21. The molecule has 2 aromatic carbocycles. The number of fused-ring (bicyclic) bond motifs is 1. The Balaban J connectivity index is 0.00000101. The number of aromatic nitrogens is 1. The van der Waals surface area contributed by atoms with E-state index in [9.17, 15) is 4.79 Å². The molecule has 0 aliphatic heterocycles. The second kappa shape index (κ2) is 11.5. The van der Waals surface area contributed by atoms with Crippen molar-refractivity contribution in [1.29, 1.82) is 0 Å². The molecule has 0 saturated carbocycles. The Morgan fingerprint density at radius 1 is 1.13 bits per heavy atom. The van der Waals surface area contributed by atoms with Crippen LogP contribution in [-0.4, -0.2) is 52.2 Å². The summed E-state index contributed by atoms with van der Waals surface area (Å²) in [4.78, 5) is 27.4. The van der Waals surface area contributed by atoms with Crippen LogP contribution in [0.15, 0.2) is 54.7 Å². The summed E-state index contributed by atoms with van der Waals surface area (Å²) in [6.07, 6.45) is 3.20. The Labute approximate surface area is 175 Å². The number of benzene rings is 2. The summed E-state index contributed by atoms with van der Waals surface area (Å²) in [6.45, 7) is 3.17. The Morgan fingerprint density at radius 2 is 1.87 bits per heavy atom. The maximum atomic E-state index is 12.9. The molecule has 4 N–H and O–H groups in total. The number of hydrogen-bond donors (Lipinski definition) is 3. The molecule has 0 aliphatic carbocycles. The van der Waals surface area contributed by atoms with Gasteiger partial charge in [-0.1, -0.05) is 18.2 Å². The van der Waals surface area contributed by atoms with Crippen molar-refractivity contribution in [3.8, 4) is 11.1 Å². The minimum atomic E-state index is -0.250. The van der Waals surface area contributed by atoms with Crippen LogP contribution >= 0.6 is 0 Å². The van der Waals surface area contributed by atoms with Gasteiger partial charge >= 0.3 is 0 Å². The number of nitrogen functional groups attached to an aromatic ring is 1. The summed E-state index contributed by atoms with van der Waals surface area (Å²) in [5, 5.41) is 16.7. The van der Waals surface area contributed by atoms with Crippen LogP contribution in [0.5, 0.6) is 0 Å². The van der Waals surface area contributed by atoms with Crippen molar-refractivity contribution in [2.24, 2.45) is 0 Å². The number of aliphatic hydroxyl groups excluding tert-OH is 1. The predicted molar refractivity (Wildman–Crippen MR) is 118 cm³/mol. The van der Waals surface area contributed by atoms with E-state index >= 15 is 0 Å². The maximum absolute atomic E-state index is 12.9. The first kappa shape index (κ1) is 22.8. The number of pyridine rings is 1. The molecular weight excluding hydrogens is 382 g/mol. The lowest BCUT2D eigenvalue weighted by Crippen LogP contribution is -2.31. The maximum Gasteiger partial charge on any atom is 0.290 e. The van der Waals surface area contributed by atoms with Gasteiger partial charge in [-0.05, 0) is 61.2 Å². The summed E-state index contributed by atoms with van der Waals surface area (Å²) in [7, 11) is 0. The minimum absolute atomic E-state index is 0.0132. The van der Waals surface area contributed by atoms with Crippen LogP contribution in [-0.2, 0) is 4.79 Å². The molecule has 0 spiro atoms. The third kappa shape index (κ3) is 5.78. The van der Waals surface area contributed by atoms with E-state index in [1.54, 1.807) is 12.3 Å². The predicted octanol–water partition coefficient (Wildman–Crippen LogP) is 3.42. The van der Waals surface area contributed by atoms with E-state index in [0.29, 0.717) is 30.8 Å². The lowest BCUT2D eigenvalue weighted by atomic mass is 10.0. The Kier molecular flexibility index (Phi) is 8.77. The third-order valence-corrected chi connectivity index (χ3v) is 4.72.